The molecule has 176 valence electrons. The number of thiazole rings is 1. The Morgan fingerprint density at radius 2 is 1.91 bits per heavy atom. The topological polar surface area (TPSA) is 37.1 Å². The molecule has 0 atom stereocenters. The molecule has 0 bridgehead atoms. The minimum absolute atomic E-state index is 0.168. The van der Waals surface area contributed by atoms with Crippen LogP contribution in [0.5, 0.6) is 0 Å². The van der Waals surface area contributed by atoms with Crippen LogP contribution in [0.2, 0.25) is 0 Å². The van der Waals surface area contributed by atoms with Gasteiger partial charge in [0.05, 0.1) is 50.2 Å². The first-order valence-electron chi connectivity index (χ1n) is 10.7. The summed E-state index contributed by atoms with van der Waals surface area (Å²) < 4.78 is 42.7. The van der Waals surface area contributed by atoms with Crippen LogP contribution in [0.4, 0.5) is 24.0 Å². The molecule has 0 aliphatic heterocycles. The number of halogens is 3. The minimum atomic E-state index is -4.50. The summed E-state index contributed by atoms with van der Waals surface area (Å²) in [6.07, 6.45) is 1.02. The highest BCUT2D eigenvalue weighted by Crippen LogP contribution is 2.36. The largest absolute Gasteiger partial charge is 0.416 e. The van der Waals surface area contributed by atoms with Crippen LogP contribution in [0.15, 0.2) is 54.2 Å². The van der Waals surface area contributed by atoms with Gasteiger partial charge in [-0.2, -0.15) is 13.2 Å². The average Bonchev–Trinajstić information content (AvgIpc) is 3.20. The number of hydrogen-bond acceptors (Lipinski definition) is 3. The summed E-state index contributed by atoms with van der Waals surface area (Å²) in [5, 5.41) is 2.17. The first kappa shape index (κ1) is 24.9. The number of anilines is 2. The molecule has 5 nitrogen and oxygen atoms in total. The number of rotatable bonds is 8. The predicted molar refractivity (Wildman–Crippen MR) is 124 cm³/mol. The fourth-order valence-electron chi connectivity index (χ4n) is 3.40. The molecule has 0 aliphatic rings. The van der Waals surface area contributed by atoms with Crippen LogP contribution < -0.4 is 9.47 Å². The van der Waals surface area contributed by atoms with E-state index in [1.165, 1.54) is 28.4 Å². The van der Waals surface area contributed by atoms with Gasteiger partial charge in [0.25, 0.3) is 0 Å². The number of carbonyl (C=O) groups excluding carboxylic acids is 1. The number of benzene rings is 1. The fraction of sp³-hybridized carbons (Fsp3) is 0.375. The maximum atomic E-state index is 13.3. The van der Waals surface area contributed by atoms with Gasteiger partial charge in [0, 0.05) is 17.9 Å². The van der Waals surface area contributed by atoms with Crippen molar-refractivity contribution in [1.29, 1.82) is 0 Å². The monoisotopic (exact) mass is 478 g/mol. The minimum Gasteiger partial charge on any atom is -0.331 e. The van der Waals surface area contributed by atoms with Crippen LogP contribution in [0, 0.1) is 0 Å². The summed E-state index contributed by atoms with van der Waals surface area (Å²) in [6, 6.07) is 8.64. The van der Waals surface area contributed by atoms with Crippen molar-refractivity contribution in [3.8, 4) is 11.3 Å². The molecule has 33 heavy (non-hydrogen) atoms. The number of carbonyl (C=O) groups is 1. The van der Waals surface area contributed by atoms with Gasteiger partial charge in [-0.1, -0.05) is 6.07 Å². The molecular formula is C24H29F3N4OS+2. The fourth-order valence-corrected chi connectivity index (χ4v) is 4.27. The van der Waals surface area contributed by atoms with Crippen molar-refractivity contribution < 1.29 is 27.0 Å². The van der Waals surface area contributed by atoms with E-state index < -0.39 is 11.7 Å². The SMILES string of the molecule is C[n+]1cccc(-c2csc(N(C(=O)CCCC[N+](C)(C)C)c3cccc(C(F)(F)F)c3)n2)c1. The molecule has 0 aliphatic carbocycles. The molecule has 0 spiro atoms. The van der Waals surface area contributed by atoms with Gasteiger partial charge >= 0.3 is 6.18 Å². The molecule has 0 saturated carbocycles. The Hall–Kier alpha value is -2.78. The number of aryl methyl sites for hydroxylation is 1. The normalized spacial score (nSPS) is 12.1. The molecule has 9 heteroatoms. The van der Waals surface area contributed by atoms with E-state index in [1.807, 2.05) is 41.5 Å². The van der Waals surface area contributed by atoms with Crippen LogP contribution in [-0.2, 0) is 18.0 Å². The van der Waals surface area contributed by atoms with Crippen molar-refractivity contribution in [2.75, 3.05) is 32.6 Å². The summed E-state index contributed by atoms with van der Waals surface area (Å²) in [5.74, 6) is -0.268. The molecular weight excluding hydrogens is 449 g/mol. The number of hydrogen-bond donors (Lipinski definition) is 0. The van der Waals surface area contributed by atoms with Crippen molar-refractivity contribution in [2.45, 2.75) is 25.4 Å². The molecule has 0 fully saturated rings. The number of alkyl halides is 3. The van der Waals surface area contributed by atoms with Crippen molar-refractivity contribution in [3.63, 3.8) is 0 Å². The summed E-state index contributed by atoms with van der Waals surface area (Å²) in [5.41, 5.74) is 0.901. The van der Waals surface area contributed by atoms with Gasteiger partial charge < -0.3 is 4.48 Å². The molecule has 1 aromatic carbocycles. The van der Waals surface area contributed by atoms with Crippen molar-refractivity contribution in [1.82, 2.24) is 4.98 Å². The first-order valence-corrected chi connectivity index (χ1v) is 11.5. The van der Waals surface area contributed by atoms with Gasteiger partial charge in [0.1, 0.15) is 7.05 Å². The maximum absolute atomic E-state index is 13.3. The highest BCUT2D eigenvalue weighted by atomic mass is 32.1. The maximum Gasteiger partial charge on any atom is 0.416 e. The molecule has 2 heterocycles. The van der Waals surface area contributed by atoms with E-state index in [9.17, 15) is 18.0 Å². The lowest BCUT2D eigenvalue weighted by atomic mass is 10.1. The van der Waals surface area contributed by atoms with Gasteiger partial charge in [-0.05, 0) is 37.1 Å². The van der Waals surface area contributed by atoms with Gasteiger partial charge in [0.2, 0.25) is 5.91 Å². The van der Waals surface area contributed by atoms with Crippen LogP contribution in [0.3, 0.4) is 0 Å². The molecule has 0 radical (unpaired) electrons. The molecule has 2 aromatic heterocycles. The Labute approximate surface area is 196 Å². The van der Waals surface area contributed by atoms with E-state index in [-0.39, 0.29) is 18.0 Å². The number of aromatic nitrogens is 2. The smallest absolute Gasteiger partial charge is 0.331 e. The Morgan fingerprint density at radius 3 is 2.58 bits per heavy atom. The highest BCUT2D eigenvalue weighted by Gasteiger charge is 2.32. The van der Waals surface area contributed by atoms with Gasteiger partial charge in [0.15, 0.2) is 17.5 Å². The first-order chi connectivity index (χ1) is 15.4. The lowest BCUT2D eigenvalue weighted by Crippen LogP contribution is -2.35. The number of unbranched alkanes of at least 4 members (excludes halogenated alkanes) is 1. The molecule has 3 rings (SSSR count). The zero-order valence-corrected chi connectivity index (χ0v) is 20.1. The quantitative estimate of drug-likeness (QED) is 0.254. The lowest BCUT2D eigenvalue weighted by Gasteiger charge is -2.24. The van der Waals surface area contributed by atoms with Crippen LogP contribution in [0.25, 0.3) is 11.3 Å². The molecule has 0 N–H and O–H groups in total. The summed E-state index contributed by atoms with van der Waals surface area (Å²) >= 11 is 1.24. The Balaban J connectivity index is 1.92. The van der Waals surface area contributed by atoms with Gasteiger partial charge in [-0.3, -0.25) is 9.69 Å². The Morgan fingerprint density at radius 1 is 1.15 bits per heavy atom. The number of amides is 1. The zero-order valence-electron chi connectivity index (χ0n) is 19.3. The van der Waals surface area contributed by atoms with E-state index in [4.69, 9.17) is 0 Å². The van der Waals surface area contributed by atoms with E-state index in [0.717, 1.165) is 35.1 Å². The summed E-state index contributed by atoms with van der Waals surface area (Å²) in [6.45, 7) is 0.906. The zero-order chi connectivity index (χ0) is 24.2. The highest BCUT2D eigenvalue weighted by molar-refractivity contribution is 7.14. The second kappa shape index (κ2) is 10.0. The lowest BCUT2D eigenvalue weighted by molar-refractivity contribution is -0.870. The van der Waals surface area contributed by atoms with Crippen LogP contribution >= 0.6 is 11.3 Å². The third kappa shape index (κ3) is 6.85. The van der Waals surface area contributed by atoms with Crippen molar-refractivity contribution in [2.24, 2.45) is 7.05 Å². The predicted octanol–water partition coefficient (Wildman–Crippen LogP) is 5.19. The second-order valence-corrected chi connectivity index (χ2v) is 9.86. The number of pyridine rings is 1. The molecule has 0 saturated heterocycles. The van der Waals surface area contributed by atoms with Crippen molar-refractivity contribution >= 4 is 28.1 Å². The van der Waals surface area contributed by atoms with Gasteiger partial charge in [-0.15, -0.1) is 11.3 Å². The Kier molecular flexibility index (Phi) is 7.54. The van der Waals surface area contributed by atoms with Gasteiger partial charge in [-0.25, -0.2) is 9.55 Å². The van der Waals surface area contributed by atoms with E-state index >= 15 is 0 Å². The van der Waals surface area contributed by atoms with E-state index in [0.29, 0.717) is 17.2 Å². The second-order valence-electron chi connectivity index (χ2n) is 9.02. The molecule has 0 unspecified atom stereocenters. The third-order valence-corrected chi connectivity index (χ3v) is 5.90. The van der Waals surface area contributed by atoms with E-state index in [1.54, 1.807) is 0 Å². The Bertz CT molecular complexity index is 1110. The average molecular weight is 479 g/mol. The van der Waals surface area contributed by atoms with E-state index in [2.05, 4.69) is 26.1 Å². The van der Waals surface area contributed by atoms with Crippen molar-refractivity contribution in [3.05, 3.63) is 59.7 Å². The summed E-state index contributed by atoms with van der Waals surface area (Å²) in [7, 11) is 8.14. The van der Waals surface area contributed by atoms with Crippen LogP contribution in [0.1, 0.15) is 24.8 Å². The van der Waals surface area contributed by atoms with Crippen LogP contribution in [-0.4, -0.2) is 43.1 Å². The molecule has 1 amide bonds. The number of nitrogens with zero attached hydrogens (tertiary/aromatic N) is 4. The third-order valence-electron chi connectivity index (χ3n) is 5.07. The summed E-state index contributed by atoms with van der Waals surface area (Å²) in [4.78, 5) is 19.2. The molecule has 3 aromatic rings. The number of quaternary nitrogens is 1. The standard InChI is InChI=1S/C24H29F3N4OS/c1-29-13-8-9-18(16-29)21-17-33-23(28-21)30(22(32)12-5-6-14-31(2,3)4)20-11-7-10-19(15-20)24(25,26)27/h7-11,13,15-17H,5-6,12,14H2,1-4H3/q+2.